The first-order chi connectivity index (χ1) is 6.77. The summed E-state index contributed by atoms with van der Waals surface area (Å²) in [5, 5.41) is 3.60. The number of nitrogens with one attached hydrogen (secondary N) is 1. The lowest BCUT2D eigenvalue weighted by atomic mass is 9.79. The van der Waals surface area contributed by atoms with Gasteiger partial charge in [-0.15, -0.1) is 0 Å². The van der Waals surface area contributed by atoms with Crippen LogP contribution in [0.5, 0.6) is 0 Å². The third-order valence-electron chi connectivity index (χ3n) is 4.21. The van der Waals surface area contributed by atoms with E-state index in [0.717, 1.165) is 12.6 Å². The van der Waals surface area contributed by atoms with Crippen LogP contribution in [-0.2, 0) is 0 Å². The van der Waals surface area contributed by atoms with E-state index in [2.05, 4.69) is 24.2 Å². The van der Waals surface area contributed by atoms with Gasteiger partial charge in [0.25, 0.3) is 0 Å². The number of likely N-dealkylation sites (tertiary alicyclic amines) is 1. The molecule has 2 fully saturated rings. The van der Waals surface area contributed by atoms with Gasteiger partial charge in [0.1, 0.15) is 0 Å². The predicted molar refractivity (Wildman–Crippen MR) is 60.5 cm³/mol. The minimum Gasteiger partial charge on any atom is -0.313 e. The fourth-order valence-corrected chi connectivity index (χ4v) is 3.42. The molecule has 0 amide bonds. The molecule has 1 saturated carbocycles. The van der Waals surface area contributed by atoms with E-state index in [0.29, 0.717) is 5.54 Å². The number of likely N-dealkylation sites (N-methyl/N-ethyl adjacent to an activating group) is 2. The Labute approximate surface area is 88.1 Å². The van der Waals surface area contributed by atoms with E-state index in [1.807, 2.05) is 0 Å². The number of rotatable bonds is 2. The molecule has 82 valence electrons. The van der Waals surface area contributed by atoms with Gasteiger partial charge < -0.3 is 5.32 Å². The third-order valence-corrected chi connectivity index (χ3v) is 4.21. The fourth-order valence-electron chi connectivity index (χ4n) is 3.42. The summed E-state index contributed by atoms with van der Waals surface area (Å²) >= 11 is 0. The highest BCUT2D eigenvalue weighted by atomic mass is 15.2. The van der Waals surface area contributed by atoms with Crippen LogP contribution in [0.2, 0.25) is 0 Å². The van der Waals surface area contributed by atoms with Gasteiger partial charge in [-0.1, -0.05) is 26.2 Å². The van der Waals surface area contributed by atoms with Gasteiger partial charge in [-0.2, -0.15) is 0 Å². The Kier molecular flexibility index (Phi) is 3.13. The SMILES string of the molecule is CCNC1CN(C)C2(CCCCC2)C1. The fraction of sp³-hybridized carbons (Fsp3) is 1.00. The summed E-state index contributed by atoms with van der Waals surface area (Å²) in [6.45, 7) is 4.59. The molecule has 0 bridgehead atoms. The van der Waals surface area contributed by atoms with Crippen LogP contribution in [0.25, 0.3) is 0 Å². The molecule has 0 aromatic heterocycles. The normalized spacial score (nSPS) is 32.6. The van der Waals surface area contributed by atoms with Crippen molar-refractivity contribution in [2.75, 3.05) is 20.1 Å². The van der Waals surface area contributed by atoms with E-state index in [9.17, 15) is 0 Å². The van der Waals surface area contributed by atoms with E-state index >= 15 is 0 Å². The molecule has 0 aromatic carbocycles. The second-order valence-electron chi connectivity index (χ2n) is 5.12. The molecule has 1 heterocycles. The first-order valence-corrected chi connectivity index (χ1v) is 6.21. The zero-order valence-corrected chi connectivity index (χ0v) is 9.68. The molecule has 1 aliphatic carbocycles. The molecule has 1 atom stereocenters. The number of hydrogen-bond acceptors (Lipinski definition) is 2. The molecule has 1 saturated heterocycles. The molecule has 2 rings (SSSR count). The van der Waals surface area contributed by atoms with Crippen molar-refractivity contribution in [2.24, 2.45) is 0 Å². The maximum absolute atomic E-state index is 3.60. The van der Waals surface area contributed by atoms with E-state index < -0.39 is 0 Å². The Hall–Kier alpha value is -0.0800. The summed E-state index contributed by atoms with van der Waals surface area (Å²) in [5.74, 6) is 0. The first-order valence-electron chi connectivity index (χ1n) is 6.21. The summed E-state index contributed by atoms with van der Waals surface area (Å²) in [4.78, 5) is 2.62. The lowest BCUT2D eigenvalue weighted by Gasteiger charge is -2.39. The van der Waals surface area contributed by atoms with Crippen LogP contribution in [0.15, 0.2) is 0 Å². The Morgan fingerprint density at radius 3 is 2.64 bits per heavy atom. The van der Waals surface area contributed by atoms with Crippen LogP contribution in [0.1, 0.15) is 45.4 Å². The molecule has 2 aliphatic rings. The monoisotopic (exact) mass is 196 g/mol. The summed E-state index contributed by atoms with van der Waals surface area (Å²) < 4.78 is 0. The molecule has 2 heteroatoms. The van der Waals surface area contributed by atoms with Gasteiger partial charge in [-0.05, 0) is 32.9 Å². The molecule has 14 heavy (non-hydrogen) atoms. The zero-order chi connectivity index (χ0) is 10.0. The van der Waals surface area contributed by atoms with Crippen molar-refractivity contribution in [3.05, 3.63) is 0 Å². The predicted octanol–water partition coefficient (Wildman–Crippen LogP) is 2.00. The second kappa shape index (κ2) is 4.19. The number of hydrogen-bond donors (Lipinski definition) is 1. The molecule has 1 N–H and O–H groups in total. The summed E-state index contributed by atoms with van der Waals surface area (Å²) in [7, 11) is 2.32. The van der Waals surface area contributed by atoms with Gasteiger partial charge in [-0.25, -0.2) is 0 Å². The van der Waals surface area contributed by atoms with E-state index in [-0.39, 0.29) is 0 Å². The zero-order valence-electron chi connectivity index (χ0n) is 9.68. The Morgan fingerprint density at radius 2 is 2.00 bits per heavy atom. The van der Waals surface area contributed by atoms with Crippen LogP contribution in [0, 0.1) is 0 Å². The van der Waals surface area contributed by atoms with Gasteiger partial charge >= 0.3 is 0 Å². The van der Waals surface area contributed by atoms with Crippen LogP contribution in [0.3, 0.4) is 0 Å². The Bertz CT molecular complexity index is 185. The quantitative estimate of drug-likeness (QED) is 0.727. The molecule has 1 unspecified atom stereocenters. The van der Waals surface area contributed by atoms with E-state index in [1.54, 1.807) is 0 Å². The molecule has 0 radical (unpaired) electrons. The van der Waals surface area contributed by atoms with Crippen molar-refractivity contribution in [3.8, 4) is 0 Å². The van der Waals surface area contributed by atoms with Gasteiger partial charge in [-0.3, -0.25) is 4.90 Å². The smallest absolute Gasteiger partial charge is 0.0222 e. The number of nitrogens with zero attached hydrogens (tertiary/aromatic N) is 1. The summed E-state index contributed by atoms with van der Waals surface area (Å²) in [5.41, 5.74) is 0.574. The van der Waals surface area contributed by atoms with Crippen molar-refractivity contribution in [1.82, 2.24) is 10.2 Å². The van der Waals surface area contributed by atoms with Crippen molar-refractivity contribution < 1.29 is 0 Å². The summed E-state index contributed by atoms with van der Waals surface area (Å²) in [6, 6.07) is 0.753. The average molecular weight is 196 g/mol. The van der Waals surface area contributed by atoms with Crippen molar-refractivity contribution in [1.29, 1.82) is 0 Å². The maximum atomic E-state index is 3.60. The van der Waals surface area contributed by atoms with Crippen LogP contribution < -0.4 is 5.32 Å². The van der Waals surface area contributed by atoms with Crippen molar-refractivity contribution in [2.45, 2.75) is 57.0 Å². The van der Waals surface area contributed by atoms with Crippen molar-refractivity contribution >= 4 is 0 Å². The highest BCUT2D eigenvalue weighted by molar-refractivity contribution is 5.01. The molecular weight excluding hydrogens is 172 g/mol. The van der Waals surface area contributed by atoms with Gasteiger partial charge in [0.05, 0.1) is 0 Å². The lowest BCUT2D eigenvalue weighted by Crippen LogP contribution is -2.42. The molecule has 1 aliphatic heterocycles. The van der Waals surface area contributed by atoms with Crippen LogP contribution in [0.4, 0.5) is 0 Å². The Balaban J connectivity index is 1.98. The highest BCUT2D eigenvalue weighted by Gasteiger charge is 2.43. The molecule has 0 aromatic rings. The third kappa shape index (κ3) is 1.82. The topological polar surface area (TPSA) is 15.3 Å². The second-order valence-corrected chi connectivity index (χ2v) is 5.12. The van der Waals surface area contributed by atoms with Crippen LogP contribution >= 0.6 is 0 Å². The largest absolute Gasteiger partial charge is 0.313 e. The van der Waals surface area contributed by atoms with Gasteiger partial charge in [0, 0.05) is 18.1 Å². The molecular formula is C12H24N2. The highest BCUT2D eigenvalue weighted by Crippen LogP contribution is 2.40. The molecule has 2 nitrogen and oxygen atoms in total. The molecule has 1 spiro atoms. The van der Waals surface area contributed by atoms with E-state index in [1.165, 1.54) is 45.1 Å². The summed E-state index contributed by atoms with van der Waals surface area (Å²) in [6.07, 6.45) is 8.61. The van der Waals surface area contributed by atoms with Gasteiger partial charge in [0.2, 0.25) is 0 Å². The Morgan fingerprint density at radius 1 is 1.29 bits per heavy atom. The minimum atomic E-state index is 0.574. The average Bonchev–Trinajstić information content (AvgIpc) is 2.45. The first kappa shape index (κ1) is 10.4. The van der Waals surface area contributed by atoms with Crippen LogP contribution in [-0.4, -0.2) is 36.6 Å². The minimum absolute atomic E-state index is 0.574. The standard InChI is InChI=1S/C12H24N2/c1-3-13-11-9-12(14(2)10-11)7-5-4-6-8-12/h11,13H,3-10H2,1-2H3. The maximum Gasteiger partial charge on any atom is 0.0222 e. The van der Waals surface area contributed by atoms with E-state index in [4.69, 9.17) is 0 Å². The van der Waals surface area contributed by atoms with Gasteiger partial charge in [0.15, 0.2) is 0 Å². The lowest BCUT2D eigenvalue weighted by molar-refractivity contribution is 0.120. The van der Waals surface area contributed by atoms with Crippen molar-refractivity contribution in [3.63, 3.8) is 0 Å².